The summed E-state index contributed by atoms with van der Waals surface area (Å²) < 4.78 is 69.5. The van der Waals surface area contributed by atoms with Crippen LogP contribution in [0.25, 0.3) is 0 Å². The summed E-state index contributed by atoms with van der Waals surface area (Å²) in [5.41, 5.74) is 0.403. The van der Waals surface area contributed by atoms with Crippen molar-refractivity contribution < 1.29 is 31.4 Å². The van der Waals surface area contributed by atoms with Gasteiger partial charge in [-0.05, 0) is 18.2 Å². The van der Waals surface area contributed by atoms with Gasteiger partial charge in [0.25, 0.3) is 0 Å². The van der Waals surface area contributed by atoms with Crippen molar-refractivity contribution in [3.05, 3.63) is 47.5 Å². The predicted molar refractivity (Wildman–Crippen MR) is 86.5 cm³/mol. The molecule has 1 N–H and O–H groups in total. The first-order chi connectivity index (χ1) is 11.8. The van der Waals surface area contributed by atoms with Crippen LogP contribution in [0.4, 0.5) is 8.78 Å². The van der Waals surface area contributed by atoms with Crippen molar-refractivity contribution >= 4 is 10.0 Å². The highest BCUT2D eigenvalue weighted by molar-refractivity contribution is 7.89. The summed E-state index contributed by atoms with van der Waals surface area (Å²) in [6.07, 6.45) is 0. The SMILES string of the molecule is COc1cc(OC)c(OC)cc1CNS(=O)(=O)c1c(F)cccc1F. The second-order valence-corrected chi connectivity index (χ2v) is 6.60. The van der Waals surface area contributed by atoms with E-state index < -0.39 is 26.6 Å². The molecule has 2 rings (SSSR count). The first-order valence-electron chi connectivity index (χ1n) is 7.06. The van der Waals surface area contributed by atoms with E-state index in [2.05, 4.69) is 4.72 Å². The molecule has 6 nitrogen and oxygen atoms in total. The zero-order chi connectivity index (χ0) is 18.6. The van der Waals surface area contributed by atoms with Crippen molar-refractivity contribution in [2.24, 2.45) is 0 Å². The van der Waals surface area contributed by atoms with Crippen molar-refractivity contribution in [2.75, 3.05) is 21.3 Å². The number of benzene rings is 2. The number of hydrogen-bond acceptors (Lipinski definition) is 5. The zero-order valence-electron chi connectivity index (χ0n) is 13.8. The zero-order valence-corrected chi connectivity index (χ0v) is 14.6. The number of rotatable bonds is 7. The maximum Gasteiger partial charge on any atom is 0.246 e. The van der Waals surface area contributed by atoms with Gasteiger partial charge in [-0.15, -0.1) is 0 Å². The number of nitrogens with one attached hydrogen (secondary N) is 1. The number of hydrogen-bond donors (Lipinski definition) is 1. The van der Waals surface area contributed by atoms with E-state index in [1.165, 1.54) is 33.5 Å². The van der Waals surface area contributed by atoms with E-state index in [0.717, 1.165) is 18.2 Å². The maximum atomic E-state index is 13.7. The Balaban J connectivity index is 2.34. The predicted octanol–water partition coefficient (Wildman–Crippen LogP) is 2.47. The van der Waals surface area contributed by atoms with E-state index in [9.17, 15) is 17.2 Å². The van der Waals surface area contributed by atoms with Gasteiger partial charge < -0.3 is 14.2 Å². The van der Waals surface area contributed by atoms with Crippen LogP contribution in [-0.2, 0) is 16.6 Å². The highest BCUT2D eigenvalue weighted by atomic mass is 32.2. The summed E-state index contributed by atoms with van der Waals surface area (Å²) in [4.78, 5) is -1.03. The van der Waals surface area contributed by atoms with E-state index >= 15 is 0 Å². The largest absolute Gasteiger partial charge is 0.496 e. The van der Waals surface area contributed by atoms with Crippen LogP contribution in [0.15, 0.2) is 35.2 Å². The summed E-state index contributed by atoms with van der Waals surface area (Å²) >= 11 is 0. The molecule has 2 aromatic carbocycles. The molecule has 0 radical (unpaired) electrons. The molecule has 0 saturated carbocycles. The number of sulfonamides is 1. The molecule has 0 heterocycles. The first-order valence-corrected chi connectivity index (χ1v) is 8.55. The van der Waals surface area contributed by atoms with Crippen molar-refractivity contribution in [1.82, 2.24) is 4.72 Å². The number of methoxy groups -OCH3 is 3. The lowest BCUT2D eigenvalue weighted by atomic mass is 10.1. The molecule has 0 atom stereocenters. The Labute approximate surface area is 144 Å². The van der Waals surface area contributed by atoms with E-state index in [1.807, 2.05) is 0 Å². The summed E-state index contributed by atoms with van der Waals surface area (Å²) in [7, 11) is -0.140. The fraction of sp³-hybridized carbons (Fsp3) is 0.250. The van der Waals surface area contributed by atoms with E-state index in [0.29, 0.717) is 22.8 Å². The third-order valence-electron chi connectivity index (χ3n) is 3.43. The molecular weight excluding hydrogens is 356 g/mol. The quantitative estimate of drug-likeness (QED) is 0.807. The average molecular weight is 373 g/mol. The van der Waals surface area contributed by atoms with Crippen LogP contribution < -0.4 is 18.9 Å². The molecule has 0 aliphatic carbocycles. The normalized spacial score (nSPS) is 11.2. The average Bonchev–Trinajstić information content (AvgIpc) is 2.58. The lowest BCUT2D eigenvalue weighted by molar-refractivity contribution is 0.347. The Bertz CT molecular complexity index is 851. The van der Waals surface area contributed by atoms with Gasteiger partial charge in [0, 0.05) is 18.2 Å². The second kappa shape index (κ2) is 7.66. The van der Waals surface area contributed by atoms with Gasteiger partial charge in [0.15, 0.2) is 16.4 Å². The smallest absolute Gasteiger partial charge is 0.246 e. The topological polar surface area (TPSA) is 73.9 Å². The third kappa shape index (κ3) is 3.99. The lowest BCUT2D eigenvalue weighted by Gasteiger charge is -2.15. The molecule has 0 spiro atoms. The van der Waals surface area contributed by atoms with Crippen LogP contribution >= 0.6 is 0 Å². The molecule has 0 unspecified atom stereocenters. The van der Waals surface area contributed by atoms with E-state index in [-0.39, 0.29) is 6.54 Å². The fourth-order valence-electron chi connectivity index (χ4n) is 2.21. The molecule has 0 aliphatic heterocycles. The molecule has 2 aromatic rings. The van der Waals surface area contributed by atoms with Gasteiger partial charge in [0.1, 0.15) is 17.4 Å². The summed E-state index contributed by atoms with van der Waals surface area (Å²) in [6.45, 7) is -0.264. The van der Waals surface area contributed by atoms with Crippen LogP contribution in [0, 0.1) is 11.6 Å². The highest BCUT2D eigenvalue weighted by Crippen LogP contribution is 2.34. The number of ether oxygens (including phenoxy) is 3. The second-order valence-electron chi connectivity index (χ2n) is 4.89. The van der Waals surface area contributed by atoms with Gasteiger partial charge in [0.05, 0.1) is 21.3 Å². The monoisotopic (exact) mass is 373 g/mol. The van der Waals surface area contributed by atoms with Crippen LogP contribution in [0.3, 0.4) is 0 Å². The third-order valence-corrected chi connectivity index (χ3v) is 4.88. The van der Waals surface area contributed by atoms with Crippen molar-refractivity contribution in [3.8, 4) is 17.2 Å². The van der Waals surface area contributed by atoms with Gasteiger partial charge in [-0.1, -0.05) is 6.07 Å². The van der Waals surface area contributed by atoms with Crippen LogP contribution in [-0.4, -0.2) is 29.7 Å². The van der Waals surface area contributed by atoms with Crippen molar-refractivity contribution in [1.29, 1.82) is 0 Å². The van der Waals surface area contributed by atoms with Crippen molar-refractivity contribution in [2.45, 2.75) is 11.4 Å². The Kier molecular flexibility index (Phi) is 5.81. The lowest BCUT2D eigenvalue weighted by Crippen LogP contribution is -2.25. The van der Waals surface area contributed by atoms with Gasteiger partial charge in [-0.2, -0.15) is 0 Å². The molecule has 9 heteroatoms. The maximum absolute atomic E-state index is 13.7. The molecule has 0 amide bonds. The van der Waals surface area contributed by atoms with E-state index in [1.54, 1.807) is 0 Å². The standard InChI is InChI=1S/C16H17F2NO5S/c1-22-13-8-15(24-3)14(23-2)7-10(13)9-19-25(20,21)16-11(17)5-4-6-12(16)18/h4-8,19H,9H2,1-3H3. The summed E-state index contributed by atoms with van der Waals surface area (Å²) in [5.74, 6) is -1.27. The molecule has 0 saturated heterocycles. The molecule has 0 fully saturated rings. The molecule has 0 aromatic heterocycles. The minimum absolute atomic E-state index is 0.264. The highest BCUT2D eigenvalue weighted by Gasteiger charge is 2.24. The van der Waals surface area contributed by atoms with Gasteiger partial charge in [-0.3, -0.25) is 0 Å². The summed E-state index contributed by atoms with van der Waals surface area (Å²) in [5, 5.41) is 0. The molecule has 0 bridgehead atoms. The fourth-order valence-corrected chi connectivity index (χ4v) is 3.35. The summed E-state index contributed by atoms with van der Waals surface area (Å²) in [6, 6.07) is 5.86. The Morgan fingerprint density at radius 2 is 1.44 bits per heavy atom. The van der Waals surface area contributed by atoms with Gasteiger partial charge >= 0.3 is 0 Å². The Morgan fingerprint density at radius 1 is 0.920 bits per heavy atom. The van der Waals surface area contributed by atoms with Crippen LogP contribution in [0.1, 0.15) is 5.56 Å². The first kappa shape index (κ1) is 18.9. The van der Waals surface area contributed by atoms with Crippen LogP contribution in [0.2, 0.25) is 0 Å². The molecule has 25 heavy (non-hydrogen) atoms. The van der Waals surface area contributed by atoms with Gasteiger partial charge in [0.2, 0.25) is 10.0 Å². The Morgan fingerprint density at radius 3 is 1.96 bits per heavy atom. The minimum atomic E-state index is -4.41. The van der Waals surface area contributed by atoms with Gasteiger partial charge in [-0.25, -0.2) is 21.9 Å². The molecular formula is C16H17F2NO5S. The van der Waals surface area contributed by atoms with E-state index in [4.69, 9.17) is 14.2 Å². The Hall–Kier alpha value is -2.39. The molecule has 136 valence electrons. The molecule has 0 aliphatic rings. The number of halogens is 2. The minimum Gasteiger partial charge on any atom is -0.496 e. The van der Waals surface area contributed by atoms with Crippen molar-refractivity contribution in [3.63, 3.8) is 0 Å². The van der Waals surface area contributed by atoms with Crippen LogP contribution in [0.5, 0.6) is 17.2 Å².